The van der Waals surface area contributed by atoms with Crippen molar-refractivity contribution in [2.24, 2.45) is 5.92 Å². The molecular weight excluding hydrogens is 288 g/mol. The Morgan fingerprint density at radius 1 is 1.55 bits per heavy atom. The molecule has 0 bridgehead atoms. The second-order valence-corrected chi connectivity index (χ2v) is 5.04. The molecule has 1 saturated carbocycles. The van der Waals surface area contributed by atoms with Crippen LogP contribution in [0.2, 0.25) is 0 Å². The van der Waals surface area contributed by atoms with Crippen LogP contribution in [-0.4, -0.2) is 38.7 Å². The van der Waals surface area contributed by atoms with Gasteiger partial charge in [-0.1, -0.05) is 7.43 Å². The van der Waals surface area contributed by atoms with Crippen molar-refractivity contribution in [3.8, 4) is 0 Å². The molecule has 20 heavy (non-hydrogen) atoms. The maximum atomic E-state index is 13.4. The van der Waals surface area contributed by atoms with E-state index in [2.05, 4.69) is 15.3 Å². The van der Waals surface area contributed by atoms with Crippen LogP contribution in [0.4, 0.5) is 10.2 Å². The van der Waals surface area contributed by atoms with E-state index in [-0.39, 0.29) is 31.8 Å². The van der Waals surface area contributed by atoms with E-state index in [0.717, 1.165) is 6.20 Å². The molecule has 0 radical (unpaired) electrons. The number of hydrogen-bond acceptors (Lipinski definition) is 6. The smallest absolute Gasteiger partial charge is 0.396 e. The molecule has 1 aromatic heterocycles. The molecule has 2 rings (SSSR count). The summed E-state index contributed by atoms with van der Waals surface area (Å²) in [4.78, 5) is 16.1. The van der Waals surface area contributed by atoms with Gasteiger partial charge in [0.05, 0.1) is 6.20 Å². The summed E-state index contributed by atoms with van der Waals surface area (Å²) >= 11 is 0. The Morgan fingerprint density at radius 3 is 2.90 bits per heavy atom. The molecule has 9 heteroatoms. The normalized spacial score (nSPS) is 25.9. The topological polar surface area (TPSA) is 105 Å². The van der Waals surface area contributed by atoms with Gasteiger partial charge in [0, 0.05) is 23.1 Å². The molecule has 0 aromatic carbocycles. The molecule has 1 aliphatic carbocycles. The number of aliphatic hydroxyl groups is 1. The third kappa shape index (κ3) is 4.14. The number of rotatable bonds is 5. The van der Waals surface area contributed by atoms with E-state index in [0.29, 0.717) is 12.8 Å². The highest BCUT2D eigenvalue weighted by Gasteiger charge is 2.40. The van der Waals surface area contributed by atoms with E-state index in [1.54, 1.807) is 0 Å². The highest BCUT2D eigenvalue weighted by Crippen LogP contribution is 2.35. The molecule has 1 unspecified atom stereocenters. The molecule has 112 valence electrons. The average Bonchev–Trinajstić information content (AvgIpc) is 2.73. The second-order valence-electron chi connectivity index (χ2n) is 4.36. The third-order valence-corrected chi connectivity index (χ3v) is 3.55. The molecule has 4 atom stereocenters. The number of nitrogens with zero attached hydrogens (tertiary/aromatic N) is 2. The van der Waals surface area contributed by atoms with Gasteiger partial charge >= 0.3 is 8.25 Å². The maximum absolute atomic E-state index is 13.4. The lowest BCUT2D eigenvalue weighted by atomic mass is 10.1. The first-order chi connectivity index (χ1) is 9.10. The minimum Gasteiger partial charge on any atom is -0.396 e. The minimum absolute atomic E-state index is 0. The fraction of sp³-hybridized carbons (Fsp3) is 0.636. The van der Waals surface area contributed by atoms with Crippen LogP contribution in [0.3, 0.4) is 0 Å². The van der Waals surface area contributed by atoms with Gasteiger partial charge in [0.1, 0.15) is 12.4 Å². The summed E-state index contributed by atoms with van der Waals surface area (Å²) in [6.45, 7) is -0.154. The molecule has 3 N–H and O–H groups in total. The van der Waals surface area contributed by atoms with Crippen molar-refractivity contribution >= 4 is 14.1 Å². The van der Waals surface area contributed by atoms with Gasteiger partial charge in [0.15, 0.2) is 11.6 Å². The van der Waals surface area contributed by atoms with Crippen molar-refractivity contribution < 1.29 is 23.5 Å². The molecule has 1 aliphatic rings. The van der Waals surface area contributed by atoms with Gasteiger partial charge in [0.2, 0.25) is 0 Å². The quantitative estimate of drug-likeness (QED) is 0.707. The van der Waals surface area contributed by atoms with Gasteiger partial charge in [-0.15, -0.1) is 9.42 Å². The zero-order valence-corrected chi connectivity index (χ0v) is 10.8. The van der Waals surface area contributed by atoms with E-state index in [1.165, 1.54) is 6.33 Å². The summed E-state index contributed by atoms with van der Waals surface area (Å²) in [6.07, 6.45) is 2.65. The van der Waals surface area contributed by atoms with Crippen LogP contribution in [0.1, 0.15) is 20.3 Å². The van der Waals surface area contributed by atoms with Crippen molar-refractivity contribution in [3.05, 3.63) is 18.3 Å². The third-order valence-electron chi connectivity index (χ3n) is 3.10. The number of halogens is 1. The lowest BCUT2D eigenvalue weighted by molar-refractivity contribution is 0.106. The molecule has 1 fully saturated rings. The number of aliphatic hydroxyl groups excluding tert-OH is 1. The summed E-state index contributed by atoms with van der Waals surface area (Å²) in [7, 11) is -2.72. The summed E-state index contributed by atoms with van der Waals surface area (Å²) in [5.74, 6) is -0.750. The monoisotopic (exact) mass is 306 g/mol. The van der Waals surface area contributed by atoms with Crippen LogP contribution in [0.15, 0.2) is 12.5 Å². The standard InChI is InChI=1S/C10H13FN3O4P.CH4/c11-8-3-12-5-13-10(8)14-7-1-6(4-15)9(2-7)18-19(16)17;/h3,5-7,9,15H,1-2,4H2,(H-,12,13,14,16,17);1H4/p+1/t6-,7-,9+;/m1./s1. The molecule has 0 aliphatic heterocycles. The van der Waals surface area contributed by atoms with Crippen LogP contribution in [0.25, 0.3) is 0 Å². The predicted octanol–water partition coefficient (Wildman–Crippen LogP) is 1.47. The zero-order chi connectivity index (χ0) is 13.8. The van der Waals surface area contributed by atoms with Crippen LogP contribution >= 0.6 is 8.25 Å². The van der Waals surface area contributed by atoms with Crippen molar-refractivity contribution in [2.75, 3.05) is 11.9 Å². The molecule has 0 amide bonds. The van der Waals surface area contributed by atoms with E-state index in [9.17, 15) is 14.1 Å². The largest absolute Gasteiger partial charge is 0.695 e. The number of aromatic nitrogens is 2. The summed E-state index contributed by atoms with van der Waals surface area (Å²) in [6, 6.07) is -0.179. The van der Waals surface area contributed by atoms with Gasteiger partial charge < -0.3 is 10.4 Å². The Morgan fingerprint density at radius 2 is 2.30 bits per heavy atom. The average molecular weight is 306 g/mol. The fourth-order valence-corrected chi connectivity index (χ4v) is 2.74. The molecule has 1 heterocycles. The van der Waals surface area contributed by atoms with E-state index >= 15 is 0 Å². The van der Waals surface area contributed by atoms with Crippen molar-refractivity contribution in [3.63, 3.8) is 0 Å². The summed E-state index contributed by atoms with van der Waals surface area (Å²) in [5, 5.41) is 12.1. The maximum Gasteiger partial charge on any atom is 0.695 e. The van der Waals surface area contributed by atoms with Gasteiger partial charge in [0.25, 0.3) is 0 Å². The SMILES string of the molecule is C.O=[P+](O)O[C@H]1C[C@H](Nc2ncncc2F)C[C@@H]1CO. The van der Waals surface area contributed by atoms with Gasteiger partial charge in [-0.2, -0.15) is 0 Å². The Labute approximate surface area is 117 Å². The second kappa shape index (κ2) is 7.54. The molecule has 0 spiro atoms. The number of anilines is 1. The van der Waals surface area contributed by atoms with Gasteiger partial charge in [-0.3, -0.25) is 0 Å². The van der Waals surface area contributed by atoms with Crippen LogP contribution in [0, 0.1) is 11.7 Å². The molecule has 0 saturated heterocycles. The van der Waals surface area contributed by atoms with E-state index in [4.69, 9.17) is 9.42 Å². The first kappa shape index (κ1) is 16.8. The molecule has 7 nitrogen and oxygen atoms in total. The zero-order valence-electron chi connectivity index (χ0n) is 9.94. The summed E-state index contributed by atoms with van der Waals surface area (Å²) in [5.41, 5.74) is 0. The first-order valence-electron chi connectivity index (χ1n) is 5.76. The Balaban J connectivity index is 0.00000200. The molecular formula is C11H18FN3O4P+. The van der Waals surface area contributed by atoms with Gasteiger partial charge in [-0.25, -0.2) is 14.4 Å². The summed E-state index contributed by atoms with van der Waals surface area (Å²) < 4.78 is 28.9. The first-order valence-corrected chi connectivity index (χ1v) is 6.89. The Bertz CT molecular complexity index is 465. The van der Waals surface area contributed by atoms with Crippen molar-refractivity contribution in [2.45, 2.75) is 32.4 Å². The lowest BCUT2D eigenvalue weighted by Crippen LogP contribution is -2.19. The minimum atomic E-state index is -2.72. The van der Waals surface area contributed by atoms with Crippen LogP contribution in [0.5, 0.6) is 0 Å². The Kier molecular flexibility index (Phi) is 6.35. The van der Waals surface area contributed by atoms with Crippen molar-refractivity contribution in [1.29, 1.82) is 0 Å². The highest BCUT2D eigenvalue weighted by molar-refractivity contribution is 7.32. The predicted molar refractivity (Wildman–Crippen MR) is 70.6 cm³/mol. The van der Waals surface area contributed by atoms with E-state index in [1.807, 2.05) is 0 Å². The highest BCUT2D eigenvalue weighted by atomic mass is 31.1. The van der Waals surface area contributed by atoms with E-state index < -0.39 is 20.2 Å². The van der Waals surface area contributed by atoms with Crippen molar-refractivity contribution in [1.82, 2.24) is 9.97 Å². The van der Waals surface area contributed by atoms with Crippen LogP contribution < -0.4 is 5.32 Å². The van der Waals surface area contributed by atoms with Gasteiger partial charge in [-0.05, 0) is 12.8 Å². The van der Waals surface area contributed by atoms with Crippen LogP contribution in [-0.2, 0) is 9.09 Å². The molecule has 1 aromatic rings. The number of hydrogen-bond donors (Lipinski definition) is 3. The fourth-order valence-electron chi connectivity index (χ4n) is 2.25. The Hall–Kier alpha value is -1.21. The lowest BCUT2D eigenvalue weighted by Gasteiger charge is -2.12. The number of nitrogens with one attached hydrogen (secondary N) is 1.